The molecule has 0 aliphatic carbocycles. The minimum atomic E-state index is -0.260. The normalized spacial score (nSPS) is 24.2. The summed E-state index contributed by atoms with van der Waals surface area (Å²) in [5, 5.41) is 10.0. The zero-order valence-electron chi connectivity index (χ0n) is 19.9. The van der Waals surface area contributed by atoms with E-state index in [1.165, 1.54) is 0 Å². The molecule has 3 heterocycles. The molecule has 3 saturated heterocycles. The molecule has 35 heavy (non-hydrogen) atoms. The third-order valence-electron chi connectivity index (χ3n) is 7.37. The van der Waals surface area contributed by atoms with Crippen LogP contribution >= 0.6 is 0 Å². The van der Waals surface area contributed by atoms with E-state index >= 15 is 0 Å². The largest absolute Gasteiger partial charge is 0.497 e. The molecule has 5 rings (SSSR count). The molecule has 3 fully saturated rings. The fourth-order valence-corrected chi connectivity index (χ4v) is 5.48. The fourth-order valence-electron chi connectivity index (χ4n) is 5.48. The van der Waals surface area contributed by atoms with Crippen LogP contribution in [0.5, 0.6) is 5.75 Å². The summed E-state index contributed by atoms with van der Waals surface area (Å²) in [4.78, 5) is 29.4. The number of fused-ring (bicyclic) bond motifs is 1. The Morgan fingerprint density at radius 1 is 1.06 bits per heavy atom. The number of hydrogen-bond acceptors (Lipinski definition) is 5. The van der Waals surface area contributed by atoms with E-state index < -0.39 is 0 Å². The first-order valence-electron chi connectivity index (χ1n) is 12.1. The lowest BCUT2D eigenvalue weighted by Gasteiger charge is -2.59. The predicted octanol–water partition coefficient (Wildman–Crippen LogP) is 2.02. The van der Waals surface area contributed by atoms with Gasteiger partial charge in [0.2, 0.25) is 11.8 Å². The van der Waals surface area contributed by atoms with Gasteiger partial charge in [-0.3, -0.25) is 9.59 Å². The number of carbonyl (C=O) groups is 2. The molecule has 0 spiro atoms. The van der Waals surface area contributed by atoms with Crippen molar-refractivity contribution in [1.29, 1.82) is 0 Å². The van der Waals surface area contributed by atoms with Gasteiger partial charge in [0.25, 0.3) is 0 Å². The van der Waals surface area contributed by atoms with Gasteiger partial charge in [-0.2, -0.15) is 0 Å². The van der Waals surface area contributed by atoms with Crippen LogP contribution in [-0.2, 0) is 14.3 Å². The topological polar surface area (TPSA) is 79.3 Å². The first-order valence-corrected chi connectivity index (χ1v) is 12.1. The van der Waals surface area contributed by atoms with E-state index in [1.807, 2.05) is 48.5 Å². The van der Waals surface area contributed by atoms with Crippen molar-refractivity contribution in [3.05, 3.63) is 65.2 Å². The van der Waals surface area contributed by atoms with Crippen molar-refractivity contribution in [1.82, 2.24) is 9.80 Å². The Morgan fingerprint density at radius 2 is 1.69 bits per heavy atom. The van der Waals surface area contributed by atoms with Gasteiger partial charge in [-0.1, -0.05) is 24.0 Å². The monoisotopic (exact) mass is 474 g/mol. The molecule has 3 aliphatic rings. The number of hydrogen-bond donors (Lipinski definition) is 1. The van der Waals surface area contributed by atoms with Crippen LogP contribution in [0.15, 0.2) is 48.5 Å². The van der Waals surface area contributed by atoms with Crippen molar-refractivity contribution in [3.63, 3.8) is 0 Å². The van der Waals surface area contributed by atoms with Crippen molar-refractivity contribution < 1.29 is 24.2 Å². The zero-order chi connectivity index (χ0) is 24.4. The molecule has 2 aromatic carbocycles. The minimum absolute atomic E-state index is 0.0159. The molecule has 2 aromatic rings. The fraction of sp³-hybridized carbons (Fsp3) is 0.429. The van der Waals surface area contributed by atoms with Crippen LogP contribution in [0.4, 0.5) is 0 Å². The van der Waals surface area contributed by atoms with Gasteiger partial charge in [0.1, 0.15) is 5.75 Å². The van der Waals surface area contributed by atoms with Gasteiger partial charge in [-0.25, -0.2) is 0 Å². The van der Waals surface area contributed by atoms with Crippen molar-refractivity contribution in [2.24, 2.45) is 5.92 Å². The standard InChI is InChI=1S/C28H30N2O5/c1-34-23-10-6-20(7-11-23)3-2-19-4-8-21(9-5-19)27-24-16-29(17-26(32)30(24)25(27)18-31)28(33)22-12-14-35-15-13-22/h4-11,22,24-25,27,31H,12-18H2,1H3/t24-,25+,27+/m1/s1. The molecule has 3 aliphatic heterocycles. The maximum Gasteiger partial charge on any atom is 0.242 e. The second-order valence-corrected chi connectivity index (χ2v) is 9.35. The lowest BCUT2D eigenvalue weighted by atomic mass is 9.73. The summed E-state index contributed by atoms with van der Waals surface area (Å²) in [5.74, 6) is 7.01. The van der Waals surface area contributed by atoms with E-state index in [0.29, 0.717) is 32.6 Å². The summed E-state index contributed by atoms with van der Waals surface area (Å²) in [5.41, 5.74) is 2.84. The highest BCUT2D eigenvalue weighted by Gasteiger charge is 2.54. The van der Waals surface area contributed by atoms with Gasteiger partial charge < -0.3 is 24.4 Å². The number of benzene rings is 2. The Morgan fingerprint density at radius 3 is 2.29 bits per heavy atom. The van der Waals surface area contributed by atoms with Crippen molar-refractivity contribution >= 4 is 11.8 Å². The van der Waals surface area contributed by atoms with Gasteiger partial charge in [-0.05, 0) is 54.8 Å². The predicted molar refractivity (Wildman–Crippen MR) is 130 cm³/mol. The second-order valence-electron chi connectivity index (χ2n) is 9.35. The molecular weight excluding hydrogens is 444 g/mol. The van der Waals surface area contributed by atoms with Crippen LogP contribution in [0.3, 0.4) is 0 Å². The van der Waals surface area contributed by atoms with Crippen LogP contribution in [0, 0.1) is 17.8 Å². The Bertz CT molecular complexity index is 1130. The van der Waals surface area contributed by atoms with Crippen molar-refractivity contribution in [3.8, 4) is 17.6 Å². The second kappa shape index (κ2) is 10.1. The van der Waals surface area contributed by atoms with Crippen molar-refractivity contribution in [2.45, 2.75) is 30.8 Å². The molecule has 2 amide bonds. The number of ether oxygens (including phenoxy) is 2. The first-order chi connectivity index (χ1) is 17.1. The average Bonchev–Trinajstić information content (AvgIpc) is 2.89. The Labute approximate surface area is 205 Å². The Hall–Kier alpha value is -3.34. The summed E-state index contributed by atoms with van der Waals surface area (Å²) in [6, 6.07) is 15.2. The highest BCUT2D eigenvalue weighted by atomic mass is 16.5. The maximum atomic E-state index is 13.1. The van der Waals surface area contributed by atoms with Gasteiger partial charge in [0.05, 0.1) is 32.3 Å². The van der Waals surface area contributed by atoms with E-state index in [9.17, 15) is 14.7 Å². The van der Waals surface area contributed by atoms with Gasteiger partial charge in [-0.15, -0.1) is 0 Å². The molecule has 3 atom stereocenters. The Balaban J connectivity index is 1.30. The highest BCUT2D eigenvalue weighted by Crippen LogP contribution is 2.43. The summed E-state index contributed by atoms with van der Waals surface area (Å²) >= 11 is 0. The molecule has 7 heteroatoms. The van der Waals surface area contributed by atoms with E-state index in [-0.39, 0.29) is 48.9 Å². The number of piperazine rings is 1. The smallest absolute Gasteiger partial charge is 0.242 e. The summed E-state index contributed by atoms with van der Waals surface area (Å²) in [7, 11) is 1.63. The number of amides is 2. The molecule has 1 N–H and O–H groups in total. The number of carbonyl (C=O) groups excluding carboxylic acids is 2. The number of aliphatic hydroxyl groups is 1. The zero-order valence-corrected chi connectivity index (χ0v) is 19.9. The van der Waals surface area contributed by atoms with E-state index in [0.717, 1.165) is 22.4 Å². The molecule has 0 radical (unpaired) electrons. The third-order valence-corrected chi connectivity index (χ3v) is 7.37. The highest BCUT2D eigenvalue weighted by molar-refractivity contribution is 5.88. The summed E-state index contributed by atoms with van der Waals surface area (Å²) in [6.07, 6.45) is 1.42. The average molecular weight is 475 g/mol. The van der Waals surface area contributed by atoms with Gasteiger partial charge in [0, 0.05) is 42.7 Å². The van der Waals surface area contributed by atoms with Crippen LogP contribution in [0.1, 0.15) is 35.4 Å². The first kappa shape index (κ1) is 23.4. The third kappa shape index (κ3) is 4.64. The lowest BCUT2D eigenvalue weighted by Crippen LogP contribution is -2.73. The van der Waals surface area contributed by atoms with Gasteiger partial charge >= 0.3 is 0 Å². The molecule has 0 unspecified atom stereocenters. The number of rotatable bonds is 4. The SMILES string of the molecule is COc1ccc(C#Cc2ccc([C@H]3[C@H]4CN(C(=O)C5CCOCC5)CC(=O)N4[C@H]3CO)cc2)cc1. The van der Waals surface area contributed by atoms with Crippen LogP contribution in [0.25, 0.3) is 0 Å². The van der Waals surface area contributed by atoms with E-state index in [1.54, 1.807) is 16.9 Å². The van der Waals surface area contributed by atoms with Crippen molar-refractivity contribution in [2.75, 3.05) is 40.0 Å². The number of nitrogens with zero attached hydrogens (tertiary/aromatic N) is 2. The summed E-state index contributed by atoms with van der Waals surface area (Å²) in [6.45, 7) is 1.69. The van der Waals surface area contributed by atoms with Crippen LogP contribution in [0.2, 0.25) is 0 Å². The maximum absolute atomic E-state index is 13.1. The molecule has 0 aromatic heterocycles. The van der Waals surface area contributed by atoms with E-state index in [4.69, 9.17) is 9.47 Å². The van der Waals surface area contributed by atoms with E-state index in [2.05, 4.69) is 11.8 Å². The van der Waals surface area contributed by atoms with Crippen LogP contribution in [-0.4, -0.2) is 78.8 Å². The number of methoxy groups -OCH3 is 1. The quantitative estimate of drug-likeness (QED) is 0.686. The van der Waals surface area contributed by atoms with Crippen LogP contribution < -0.4 is 4.74 Å². The molecule has 0 bridgehead atoms. The lowest BCUT2D eigenvalue weighted by molar-refractivity contribution is -0.169. The Kier molecular flexibility index (Phi) is 6.76. The molecular formula is C28H30N2O5. The minimum Gasteiger partial charge on any atom is -0.497 e. The molecule has 182 valence electrons. The number of aliphatic hydroxyl groups excluding tert-OH is 1. The molecule has 7 nitrogen and oxygen atoms in total. The van der Waals surface area contributed by atoms with Gasteiger partial charge in [0.15, 0.2) is 0 Å². The molecule has 0 saturated carbocycles. The summed E-state index contributed by atoms with van der Waals surface area (Å²) < 4.78 is 10.6.